The minimum Gasteiger partial charge on any atom is -0.147 e. The summed E-state index contributed by atoms with van der Waals surface area (Å²) in [5, 5.41) is 1.49. The van der Waals surface area contributed by atoms with Crippen molar-refractivity contribution in [2.75, 3.05) is 0 Å². The van der Waals surface area contributed by atoms with E-state index in [4.69, 9.17) is 0 Å². The molecule has 2 aromatic carbocycles. The SMILES string of the molecule is C[Si](C)c1ccccc1-c1[c-]cccc1.[Rh]. The van der Waals surface area contributed by atoms with E-state index in [-0.39, 0.29) is 19.5 Å². The molecule has 0 unspecified atom stereocenters. The van der Waals surface area contributed by atoms with Gasteiger partial charge in [0.15, 0.2) is 0 Å². The average molecular weight is 313 g/mol. The van der Waals surface area contributed by atoms with E-state index in [2.05, 4.69) is 55.6 Å². The second-order valence-electron chi connectivity index (χ2n) is 3.82. The van der Waals surface area contributed by atoms with Crippen LogP contribution in [0.25, 0.3) is 11.1 Å². The zero-order valence-electron chi connectivity index (χ0n) is 9.45. The van der Waals surface area contributed by atoms with Gasteiger partial charge in [0, 0.05) is 19.5 Å². The normalized spacial score (nSPS) is 9.94. The summed E-state index contributed by atoms with van der Waals surface area (Å²) >= 11 is 0. The summed E-state index contributed by atoms with van der Waals surface area (Å²) in [6.07, 6.45) is 0. The Morgan fingerprint density at radius 2 is 1.62 bits per heavy atom. The minimum absolute atomic E-state index is 0. The summed E-state index contributed by atoms with van der Waals surface area (Å²) in [5.41, 5.74) is 2.55. The summed E-state index contributed by atoms with van der Waals surface area (Å²) < 4.78 is 0. The van der Waals surface area contributed by atoms with Crippen molar-refractivity contribution in [2.24, 2.45) is 0 Å². The molecule has 0 fully saturated rings. The van der Waals surface area contributed by atoms with Gasteiger partial charge in [-0.25, -0.2) is 0 Å². The van der Waals surface area contributed by atoms with Gasteiger partial charge < -0.3 is 0 Å². The number of hydrogen-bond acceptors (Lipinski definition) is 0. The van der Waals surface area contributed by atoms with Gasteiger partial charge in [0.25, 0.3) is 0 Å². The van der Waals surface area contributed by atoms with Crippen LogP contribution < -0.4 is 5.19 Å². The van der Waals surface area contributed by atoms with Crippen LogP contribution in [0.2, 0.25) is 13.1 Å². The van der Waals surface area contributed by atoms with Crippen LogP contribution in [-0.4, -0.2) is 8.80 Å². The van der Waals surface area contributed by atoms with Crippen molar-refractivity contribution >= 4 is 14.0 Å². The molecule has 0 heterocycles. The number of hydrogen-bond donors (Lipinski definition) is 0. The van der Waals surface area contributed by atoms with Crippen LogP contribution in [0.3, 0.4) is 0 Å². The molecule has 0 aliphatic rings. The fourth-order valence-corrected chi connectivity index (χ4v) is 2.90. The van der Waals surface area contributed by atoms with Crippen molar-refractivity contribution in [1.82, 2.24) is 0 Å². The molecule has 2 aromatic rings. The number of rotatable bonds is 2. The van der Waals surface area contributed by atoms with Crippen LogP contribution in [0.4, 0.5) is 0 Å². The van der Waals surface area contributed by atoms with Gasteiger partial charge in [0.1, 0.15) is 0 Å². The van der Waals surface area contributed by atoms with E-state index in [1.165, 1.54) is 16.3 Å². The molecule has 0 N–H and O–H groups in total. The zero-order chi connectivity index (χ0) is 10.7. The Morgan fingerprint density at radius 1 is 0.938 bits per heavy atom. The van der Waals surface area contributed by atoms with E-state index < -0.39 is 8.80 Å². The van der Waals surface area contributed by atoms with Gasteiger partial charge in [-0.2, -0.15) is 0 Å². The van der Waals surface area contributed by atoms with Gasteiger partial charge >= 0.3 is 0 Å². The van der Waals surface area contributed by atoms with E-state index >= 15 is 0 Å². The Bertz CT molecular complexity index is 437. The van der Waals surface area contributed by atoms with Gasteiger partial charge in [-0.05, 0) is 0 Å². The Morgan fingerprint density at radius 3 is 2.25 bits per heavy atom. The molecule has 0 amide bonds. The van der Waals surface area contributed by atoms with E-state index in [0.717, 1.165) is 0 Å². The first-order valence-corrected chi connectivity index (χ1v) is 7.65. The Balaban J connectivity index is 0.00000128. The topological polar surface area (TPSA) is 0 Å². The van der Waals surface area contributed by atoms with Gasteiger partial charge in [0.05, 0.1) is 8.80 Å². The van der Waals surface area contributed by atoms with Gasteiger partial charge in [-0.15, -0.1) is 41.5 Å². The third kappa shape index (κ3) is 2.90. The summed E-state index contributed by atoms with van der Waals surface area (Å²) in [5.74, 6) is 0. The molecule has 2 heteroatoms. The standard InChI is InChI=1S/C14H14Si.Rh/c1-15(2)14-11-7-6-10-13(14)12-8-4-3-5-9-12;/h3-8,10-11H,1-2H3;/q-1;. The van der Waals surface area contributed by atoms with Crippen molar-refractivity contribution < 1.29 is 19.5 Å². The van der Waals surface area contributed by atoms with Crippen LogP contribution in [0.5, 0.6) is 0 Å². The van der Waals surface area contributed by atoms with Crippen molar-refractivity contribution in [3.63, 3.8) is 0 Å². The third-order valence-electron chi connectivity index (χ3n) is 2.46. The van der Waals surface area contributed by atoms with E-state index in [1.54, 1.807) is 0 Å². The quantitative estimate of drug-likeness (QED) is 0.590. The maximum absolute atomic E-state index is 3.30. The van der Waals surface area contributed by atoms with E-state index in [9.17, 15) is 0 Å². The molecule has 0 aliphatic heterocycles. The first-order chi connectivity index (χ1) is 7.29. The molecule has 0 atom stereocenters. The largest absolute Gasteiger partial charge is 0.147 e. The van der Waals surface area contributed by atoms with Crippen LogP contribution in [0.15, 0.2) is 48.5 Å². The Labute approximate surface area is 112 Å². The zero-order valence-corrected chi connectivity index (χ0v) is 12.1. The van der Waals surface area contributed by atoms with E-state index in [0.29, 0.717) is 0 Å². The fourth-order valence-electron chi connectivity index (χ4n) is 1.71. The molecule has 16 heavy (non-hydrogen) atoms. The fraction of sp³-hybridized carbons (Fsp3) is 0.143. The van der Waals surface area contributed by atoms with Gasteiger partial charge in [0.2, 0.25) is 0 Å². The van der Waals surface area contributed by atoms with Crippen LogP contribution in [0, 0.1) is 6.07 Å². The molecule has 0 nitrogen and oxygen atoms in total. The third-order valence-corrected chi connectivity index (χ3v) is 3.98. The Hall–Kier alpha value is -0.720. The average Bonchev–Trinajstić information content (AvgIpc) is 2.30. The first-order valence-electron chi connectivity index (χ1n) is 5.15. The summed E-state index contributed by atoms with van der Waals surface area (Å²) in [6, 6.07) is 20.1. The molecule has 2 rings (SSSR count). The van der Waals surface area contributed by atoms with Crippen LogP contribution >= 0.6 is 0 Å². The summed E-state index contributed by atoms with van der Waals surface area (Å²) in [7, 11) is -0.409. The van der Waals surface area contributed by atoms with Crippen molar-refractivity contribution in [3.05, 3.63) is 54.6 Å². The van der Waals surface area contributed by atoms with E-state index in [1.807, 2.05) is 12.1 Å². The van der Waals surface area contributed by atoms with Gasteiger partial charge in [-0.3, -0.25) is 0 Å². The molecule has 0 bridgehead atoms. The summed E-state index contributed by atoms with van der Waals surface area (Å²) in [4.78, 5) is 0. The predicted molar refractivity (Wildman–Crippen MR) is 67.8 cm³/mol. The maximum Gasteiger partial charge on any atom is 0.0677 e. The maximum atomic E-state index is 3.30. The van der Waals surface area contributed by atoms with Crippen LogP contribution in [-0.2, 0) is 19.5 Å². The molecule has 0 aliphatic carbocycles. The molecule has 84 valence electrons. The van der Waals surface area contributed by atoms with Crippen molar-refractivity contribution in [2.45, 2.75) is 13.1 Å². The second-order valence-corrected chi connectivity index (χ2v) is 6.36. The smallest absolute Gasteiger partial charge is 0.0677 e. The molecule has 0 aromatic heterocycles. The molecule has 2 radical (unpaired) electrons. The Kier molecular flexibility index (Phi) is 5.11. The molecular formula is C14H14RhSi-. The molecular weight excluding hydrogens is 299 g/mol. The number of benzene rings is 2. The minimum atomic E-state index is -0.409. The first kappa shape index (κ1) is 13.3. The van der Waals surface area contributed by atoms with Crippen molar-refractivity contribution in [1.29, 1.82) is 0 Å². The molecule has 0 spiro atoms. The van der Waals surface area contributed by atoms with Crippen molar-refractivity contribution in [3.8, 4) is 11.1 Å². The summed E-state index contributed by atoms with van der Waals surface area (Å²) in [6.45, 7) is 4.65. The molecule has 0 saturated carbocycles. The van der Waals surface area contributed by atoms with Crippen LogP contribution in [0.1, 0.15) is 0 Å². The second kappa shape index (κ2) is 6.12. The predicted octanol–water partition coefficient (Wildman–Crippen LogP) is 3.11. The monoisotopic (exact) mass is 313 g/mol. The molecule has 0 saturated heterocycles. The van der Waals surface area contributed by atoms with Gasteiger partial charge in [-0.1, -0.05) is 42.5 Å².